The summed E-state index contributed by atoms with van der Waals surface area (Å²) < 4.78 is 13.4. The molecule has 2 nitrogen and oxygen atoms in total. The summed E-state index contributed by atoms with van der Waals surface area (Å²) in [5.41, 5.74) is 6.66. The van der Waals surface area contributed by atoms with Crippen LogP contribution in [0.2, 0.25) is 0 Å². The maximum Gasteiger partial charge on any atom is 0.148 e. The third-order valence-corrected chi connectivity index (χ3v) is 12.6. The van der Waals surface area contributed by atoms with Crippen LogP contribution in [-0.2, 0) is 11.8 Å². The van der Waals surface area contributed by atoms with Crippen LogP contribution < -0.4 is 25.4 Å². The van der Waals surface area contributed by atoms with Gasteiger partial charge >= 0.3 is 0 Å². The van der Waals surface area contributed by atoms with Crippen molar-refractivity contribution in [3.63, 3.8) is 0 Å². The smallest absolute Gasteiger partial charge is 0.148 e. The second-order valence-corrected chi connectivity index (χ2v) is 14.3. The largest absolute Gasteiger partial charge is 0.456 e. The Balaban J connectivity index is 1.40. The molecule has 0 aromatic heterocycles. The molecule has 0 fully saturated rings. The minimum Gasteiger partial charge on any atom is -0.456 e. The van der Waals surface area contributed by atoms with E-state index in [1.807, 2.05) is 18.2 Å². The standard InChI is InChI=1S/C36H23O2PS/c40-39-33-21-17-27(24-10-4-1-5-11-24)22-32(33)37-31-20-18-29(26-14-8-3-9-15-26)35(36(31)39)38-30-19-16-28(23-34(30)39)25-12-6-2-7-13-25/h1-23H. The summed E-state index contributed by atoms with van der Waals surface area (Å²) in [4.78, 5) is 0. The maximum absolute atomic E-state index is 6.89. The molecule has 0 saturated heterocycles. The Morgan fingerprint density at radius 3 is 1.68 bits per heavy atom. The highest BCUT2D eigenvalue weighted by molar-refractivity contribution is 8.26. The zero-order valence-corrected chi connectivity index (χ0v) is 23.2. The van der Waals surface area contributed by atoms with E-state index in [0.717, 1.165) is 72.3 Å². The van der Waals surface area contributed by atoms with Crippen molar-refractivity contribution in [1.82, 2.24) is 0 Å². The summed E-state index contributed by atoms with van der Waals surface area (Å²) in [6.45, 7) is 0. The van der Waals surface area contributed by atoms with Gasteiger partial charge in [0.2, 0.25) is 0 Å². The van der Waals surface area contributed by atoms with Crippen molar-refractivity contribution in [2.45, 2.75) is 0 Å². The van der Waals surface area contributed by atoms with Crippen molar-refractivity contribution in [2.75, 3.05) is 0 Å². The first-order valence-corrected chi connectivity index (χ1v) is 16.1. The quantitative estimate of drug-likeness (QED) is 0.205. The highest BCUT2D eigenvalue weighted by Gasteiger charge is 2.44. The van der Waals surface area contributed by atoms with Crippen LogP contribution in [0.25, 0.3) is 33.4 Å². The number of hydrogen-bond donors (Lipinski definition) is 0. The molecule has 6 aromatic carbocycles. The topological polar surface area (TPSA) is 18.5 Å². The Morgan fingerprint density at radius 1 is 0.425 bits per heavy atom. The molecule has 4 heteroatoms. The first-order valence-electron chi connectivity index (χ1n) is 13.3. The SMILES string of the molecule is S=P12c3ccc(-c4ccccc4)cc3Oc3ccc(-c4ccccc4)c(c31)Oc1ccc(-c3ccccc3)cc12. The molecule has 2 aliphatic rings. The zero-order chi connectivity index (χ0) is 26.7. The van der Waals surface area contributed by atoms with Crippen LogP contribution in [-0.4, -0.2) is 0 Å². The van der Waals surface area contributed by atoms with Crippen LogP contribution in [0.4, 0.5) is 0 Å². The van der Waals surface area contributed by atoms with E-state index in [2.05, 4.69) is 121 Å². The van der Waals surface area contributed by atoms with E-state index >= 15 is 0 Å². The van der Waals surface area contributed by atoms with Crippen LogP contribution in [0.3, 0.4) is 0 Å². The average Bonchev–Trinajstić information content (AvgIpc) is 3.02. The van der Waals surface area contributed by atoms with Gasteiger partial charge in [-0.1, -0.05) is 115 Å². The third kappa shape index (κ3) is 3.52. The number of fused-ring (bicyclic) bond motifs is 4. The monoisotopic (exact) mass is 550 g/mol. The number of benzene rings is 6. The fourth-order valence-electron chi connectivity index (χ4n) is 5.81. The van der Waals surface area contributed by atoms with E-state index in [0.29, 0.717) is 0 Å². The van der Waals surface area contributed by atoms with Crippen molar-refractivity contribution in [1.29, 1.82) is 0 Å². The zero-order valence-electron chi connectivity index (χ0n) is 21.5. The fraction of sp³-hybridized carbons (Fsp3) is 0. The number of rotatable bonds is 3. The van der Waals surface area contributed by atoms with Gasteiger partial charge in [-0.3, -0.25) is 0 Å². The van der Waals surface area contributed by atoms with Crippen molar-refractivity contribution in [2.24, 2.45) is 0 Å². The van der Waals surface area contributed by atoms with Gasteiger partial charge in [0.1, 0.15) is 23.0 Å². The Labute approximate surface area is 238 Å². The first-order chi connectivity index (χ1) is 19.7. The van der Waals surface area contributed by atoms with E-state index < -0.39 is 6.04 Å². The van der Waals surface area contributed by atoms with E-state index in [9.17, 15) is 0 Å². The summed E-state index contributed by atoms with van der Waals surface area (Å²) in [5, 5.41) is 3.14. The molecule has 1 unspecified atom stereocenters. The van der Waals surface area contributed by atoms with Crippen LogP contribution in [0, 0.1) is 0 Å². The molecule has 0 spiro atoms. The van der Waals surface area contributed by atoms with Gasteiger partial charge in [-0.25, -0.2) is 0 Å². The van der Waals surface area contributed by atoms with Gasteiger partial charge < -0.3 is 9.47 Å². The molecule has 0 radical (unpaired) electrons. The number of hydrogen-bond acceptors (Lipinski definition) is 3. The minimum atomic E-state index is -2.54. The van der Waals surface area contributed by atoms with Gasteiger partial charge in [0, 0.05) is 16.2 Å². The van der Waals surface area contributed by atoms with E-state index in [1.165, 1.54) is 0 Å². The molecule has 8 rings (SSSR count). The van der Waals surface area contributed by atoms with Gasteiger partial charge in [-0.2, -0.15) is 0 Å². The predicted octanol–water partition coefficient (Wildman–Crippen LogP) is 8.65. The van der Waals surface area contributed by atoms with Gasteiger partial charge in [-0.05, 0) is 64.2 Å². The van der Waals surface area contributed by atoms with Gasteiger partial charge in [-0.15, -0.1) is 0 Å². The Hall–Kier alpha value is -4.43. The molecule has 0 bridgehead atoms. The van der Waals surface area contributed by atoms with E-state index in [1.54, 1.807) is 0 Å². The predicted molar refractivity (Wildman–Crippen MR) is 169 cm³/mol. The second kappa shape index (κ2) is 9.06. The van der Waals surface area contributed by atoms with Crippen molar-refractivity contribution < 1.29 is 9.47 Å². The number of ether oxygens (including phenoxy) is 2. The lowest BCUT2D eigenvalue weighted by Gasteiger charge is -2.38. The second-order valence-electron chi connectivity index (χ2n) is 10.1. The van der Waals surface area contributed by atoms with Crippen molar-refractivity contribution >= 4 is 33.8 Å². The average molecular weight is 551 g/mol. The molecule has 6 aromatic rings. The molecule has 0 saturated carbocycles. The van der Waals surface area contributed by atoms with E-state index in [4.69, 9.17) is 21.3 Å². The Morgan fingerprint density at radius 2 is 1.00 bits per heavy atom. The molecule has 1 atom stereocenters. The lowest BCUT2D eigenvalue weighted by atomic mass is 10.0. The molecule has 2 aliphatic heterocycles. The Bertz CT molecular complexity index is 1970. The normalized spacial score (nSPS) is 16.1. The van der Waals surface area contributed by atoms with Crippen LogP contribution >= 0.6 is 6.04 Å². The summed E-state index contributed by atoms with van der Waals surface area (Å²) in [5.74, 6) is 3.25. The van der Waals surface area contributed by atoms with Gasteiger partial charge in [0.05, 0.1) is 11.3 Å². The molecule has 40 heavy (non-hydrogen) atoms. The first kappa shape index (κ1) is 23.5. The minimum absolute atomic E-state index is 0.784. The highest BCUT2D eigenvalue weighted by Crippen LogP contribution is 2.60. The maximum atomic E-state index is 6.89. The summed E-state index contributed by atoms with van der Waals surface area (Å²) in [6.07, 6.45) is 0. The lowest BCUT2D eigenvalue weighted by Crippen LogP contribution is -2.35. The summed E-state index contributed by atoms with van der Waals surface area (Å²) >= 11 is 6.89. The van der Waals surface area contributed by atoms with E-state index in [-0.39, 0.29) is 0 Å². The van der Waals surface area contributed by atoms with Gasteiger partial charge in [0.15, 0.2) is 0 Å². The molecule has 190 valence electrons. The van der Waals surface area contributed by atoms with Gasteiger partial charge in [0.25, 0.3) is 0 Å². The van der Waals surface area contributed by atoms with Crippen LogP contribution in [0.1, 0.15) is 0 Å². The van der Waals surface area contributed by atoms with Crippen LogP contribution in [0.15, 0.2) is 140 Å². The molecular weight excluding hydrogens is 527 g/mol. The summed E-state index contributed by atoms with van der Waals surface area (Å²) in [6, 6.07) is 45.8. The molecule has 0 N–H and O–H groups in total. The summed E-state index contributed by atoms with van der Waals surface area (Å²) in [7, 11) is 0. The lowest BCUT2D eigenvalue weighted by molar-refractivity contribution is 0.468. The Kier molecular flexibility index (Phi) is 5.31. The molecule has 0 aliphatic carbocycles. The van der Waals surface area contributed by atoms with Crippen molar-refractivity contribution in [3.8, 4) is 56.4 Å². The molecule has 0 amide bonds. The molecule has 2 heterocycles. The molecular formula is C36H23O2PS. The third-order valence-electron chi connectivity index (χ3n) is 7.74. The van der Waals surface area contributed by atoms with Crippen LogP contribution in [0.5, 0.6) is 23.0 Å². The van der Waals surface area contributed by atoms with Crippen molar-refractivity contribution in [3.05, 3.63) is 140 Å². The highest BCUT2D eigenvalue weighted by atomic mass is 32.4. The fourth-order valence-corrected chi connectivity index (χ4v) is 10.3.